The molecule has 1 aromatic rings. The maximum Gasteiger partial charge on any atom is 0.310 e. The van der Waals surface area contributed by atoms with Gasteiger partial charge in [-0.1, -0.05) is 6.92 Å². The van der Waals surface area contributed by atoms with Crippen LogP contribution < -0.4 is 4.74 Å². The summed E-state index contributed by atoms with van der Waals surface area (Å²) < 4.78 is 5.23. The number of aliphatic hydroxyl groups is 1. The van der Waals surface area contributed by atoms with Crippen molar-refractivity contribution in [2.24, 2.45) is 5.92 Å². The second-order valence-electron chi connectivity index (χ2n) is 3.70. The van der Waals surface area contributed by atoms with E-state index in [4.69, 9.17) is 9.84 Å². The zero-order valence-electron chi connectivity index (χ0n) is 9.33. The minimum Gasteiger partial charge on any atom is -0.486 e. The van der Waals surface area contributed by atoms with Gasteiger partial charge in [0, 0.05) is 24.2 Å². The number of nitrogens with zero attached hydrogens (tertiary/aromatic N) is 1. The van der Waals surface area contributed by atoms with Crippen molar-refractivity contribution in [3.05, 3.63) is 33.9 Å². The first-order chi connectivity index (χ1) is 8.08. The van der Waals surface area contributed by atoms with Crippen LogP contribution in [0.3, 0.4) is 0 Å². The highest BCUT2D eigenvalue weighted by Crippen LogP contribution is 2.27. The molecule has 0 fully saturated rings. The zero-order chi connectivity index (χ0) is 12.8. The Morgan fingerprint density at radius 1 is 1.59 bits per heavy atom. The Balaban J connectivity index is 2.93. The minimum absolute atomic E-state index is 0.0416. The second-order valence-corrected chi connectivity index (χ2v) is 3.70. The van der Waals surface area contributed by atoms with E-state index in [0.717, 1.165) is 0 Å². The number of aldehydes is 1. The van der Waals surface area contributed by atoms with Gasteiger partial charge in [0.05, 0.1) is 11.5 Å². The van der Waals surface area contributed by atoms with Crippen LogP contribution in [-0.2, 0) is 0 Å². The predicted octanol–water partition coefficient (Wildman–Crippen LogP) is 1.41. The first-order valence-electron chi connectivity index (χ1n) is 5.05. The topological polar surface area (TPSA) is 89.7 Å². The number of nitro benzene ring substituents is 1. The van der Waals surface area contributed by atoms with Crippen LogP contribution in [0, 0.1) is 16.0 Å². The van der Waals surface area contributed by atoms with E-state index in [2.05, 4.69) is 0 Å². The van der Waals surface area contributed by atoms with Crippen molar-refractivity contribution in [3.8, 4) is 5.75 Å². The highest BCUT2D eigenvalue weighted by atomic mass is 16.6. The lowest BCUT2D eigenvalue weighted by Gasteiger charge is -2.10. The monoisotopic (exact) mass is 239 g/mol. The van der Waals surface area contributed by atoms with Crippen LogP contribution in [0.25, 0.3) is 0 Å². The summed E-state index contributed by atoms with van der Waals surface area (Å²) in [7, 11) is 0. The third-order valence-corrected chi connectivity index (χ3v) is 2.15. The van der Waals surface area contributed by atoms with Crippen LogP contribution >= 0.6 is 0 Å². The smallest absolute Gasteiger partial charge is 0.310 e. The number of benzene rings is 1. The van der Waals surface area contributed by atoms with E-state index >= 15 is 0 Å². The molecule has 1 unspecified atom stereocenters. The number of hydrogen-bond acceptors (Lipinski definition) is 5. The molecule has 0 aliphatic heterocycles. The Kier molecular flexibility index (Phi) is 4.59. The number of aliphatic hydroxyl groups excluding tert-OH is 1. The Hall–Kier alpha value is -1.95. The molecule has 1 N–H and O–H groups in total. The standard InChI is InChI=1S/C11H13NO5/c1-8(5-13)7-17-11-4-9(6-14)2-3-10(11)12(15)16/h2-4,6,8,13H,5,7H2,1H3. The molecule has 0 aliphatic rings. The quantitative estimate of drug-likeness (QED) is 0.460. The SMILES string of the molecule is CC(CO)COc1cc(C=O)ccc1[N+](=O)[O-]. The summed E-state index contributed by atoms with van der Waals surface area (Å²) in [5, 5.41) is 19.5. The molecule has 1 rings (SSSR count). The van der Waals surface area contributed by atoms with Crippen LogP contribution in [0.2, 0.25) is 0 Å². The summed E-state index contributed by atoms with van der Waals surface area (Å²) in [5.41, 5.74) is 0.114. The van der Waals surface area contributed by atoms with Crippen molar-refractivity contribution in [3.63, 3.8) is 0 Å². The molecule has 0 spiro atoms. The van der Waals surface area contributed by atoms with Crippen molar-refractivity contribution >= 4 is 12.0 Å². The van der Waals surface area contributed by atoms with Gasteiger partial charge in [-0.15, -0.1) is 0 Å². The first-order valence-corrected chi connectivity index (χ1v) is 5.05. The average Bonchev–Trinajstić information content (AvgIpc) is 2.35. The normalized spacial score (nSPS) is 11.9. The number of carbonyl (C=O) groups excluding carboxylic acids is 1. The molecule has 0 amide bonds. The van der Waals surface area contributed by atoms with Crippen LogP contribution in [0.5, 0.6) is 5.75 Å². The number of ether oxygens (including phenoxy) is 1. The third kappa shape index (κ3) is 3.53. The Morgan fingerprint density at radius 2 is 2.29 bits per heavy atom. The van der Waals surface area contributed by atoms with Gasteiger partial charge in [-0.3, -0.25) is 14.9 Å². The molecule has 0 saturated heterocycles. The van der Waals surface area contributed by atoms with Gasteiger partial charge in [0.25, 0.3) is 0 Å². The summed E-state index contributed by atoms with van der Waals surface area (Å²) in [4.78, 5) is 20.7. The highest BCUT2D eigenvalue weighted by Gasteiger charge is 2.16. The predicted molar refractivity (Wildman–Crippen MR) is 60.2 cm³/mol. The second kappa shape index (κ2) is 5.95. The van der Waals surface area contributed by atoms with Crippen LogP contribution in [0.1, 0.15) is 17.3 Å². The summed E-state index contributed by atoms with van der Waals surface area (Å²) in [5.74, 6) is -0.0885. The van der Waals surface area contributed by atoms with Gasteiger partial charge < -0.3 is 9.84 Å². The lowest BCUT2D eigenvalue weighted by Crippen LogP contribution is -2.13. The third-order valence-electron chi connectivity index (χ3n) is 2.15. The Morgan fingerprint density at radius 3 is 2.82 bits per heavy atom. The molecule has 0 radical (unpaired) electrons. The zero-order valence-corrected chi connectivity index (χ0v) is 9.33. The lowest BCUT2D eigenvalue weighted by molar-refractivity contribution is -0.385. The molecule has 1 atom stereocenters. The van der Waals surface area contributed by atoms with Crippen molar-refractivity contribution < 1.29 is 19.6 Å². The summed E-state index contributed by atoms with van der Waals surface area (Å²) >= 11 is 0. The van der Waals surface area contributed by atoms with Gasteiger partial charge in [0.15, 0.2) is 5.75 Å². The van der Waals surface area contributed by atoms with Crippen molar-refractivity contribution in [1.82, 2.24) is 0 Å². The maximum absolute atomic E-state index is 10.7. The molecule has 0 aromatic heterocycles. The molecule has 0 heterocycles. The molecular formula is C11H13NO5. The molecule has 0 aliphatic carbocycles. The lowest BCUT2D eigenvalue weighted by atomic mass is 10.2. The summed E-state index contributed by atoms with van der Waals surface area (Å²) in [6, 6.07) is 3.89. The molecule has 0 bridgehead atoms. The summed E-state index contributed by atoms with van der Waals surface area (Å²) in [6.07, 6.45) is 0.589. The van der Waals surface area contributed by atoms with E-state index < -0.39 is 4.92 Å². The van der Waals surface area contributed by atoms with Crippen molar-refractivity contribution in [2.45, 2.75) is 6.92 Å². The van der Waals surface area contributed by atoms with Gasteiger partial charge >= 0.3 is 5.69 Å². The van der Waals surface area contributed by atoms with Gasteiger partial charge in [-0.05, 0) is 12.1 Å². The van der Waals surface area contributed by atoms with Gasteiger partial charge in [-0.2, -0.15) is 0 Å². The van der Waals surface area contributed by atoms with Crippen molar-refractivity contribution in [2.75, 3.05) is 13.2 Å². The van der Waals surface area contributed by atoms with E-state index in [9.17, 15) is 14.9 Å². The molecule has 0 saturated carbocycles. The molecule has 1 aromatic carbocycles. The average molecular weight is 239 g/mol. The molecule has 6 heteroatoms. The van der Waals surface area contributed by atoms with Gasteiger partial charge in [0.2, 0.25) is 0 Å². The van der Waals surface area contributed by atoms with E-state index in [1.54, 1.807) is 6.92 Å². The Bertz CT molecular complexity index is 418. The fraction of sp³-hybridized carbons (Fsp3) is 0.364. The first kappa shape index (κ1) is 13.1. The maximum atomic E-state index is 10.7. The summed E-state index contributed by atoms with van der Waals surface area (Å²) in [6.45, 7) is 1.83. The fourth-order valence-electron chi connectivity index (χ4n) is 1.16. The molecule has 92 valence electrons. The largest absolute Gasteiger partial charge is 0.486 e. The van der Waals surface area contributed by atoms with Gasteiger partial charge in [0.1, 0.15) is 6.29 Å². The number of carbonyl (C=O) groups is 1. The minimum atomic E-state index is -0.576. The molecule has 17 heavy (non-hydrogen) atoms. The van der Waals surface area contributed by atoms with E-state index in [1.165, 1.54) is 18.2 Å². The van der Waals surface area contributed by atoms with E-state index in [0.29, 0.717) is 11.8 Å². The fourth-order valence-corrected chi connectivity index (χ4v) is 1.16. The van der Waals surface area contributed by atoms with E-state index in [1.807, 2.05) is 0 Å². The van der Waals surface area contributed by atoms with Gasteiger partial charge in [-0.25, -0.2) is 0 Å². The Labute approximate surface area is 98.0 Å². The highest BCUT2D eigenvalue weighted by molar-refractivity contribution is 5.76. The van der Waals surface area contributed by atoms with E-state index in [-0.39, 0.29) is 30.6 Å². The van der Waals surface area contributed by atoms with Crippen LogP contribution in [0.4, 0.5) is 5.69 Å². The number of hydrogen-bond donors (Lipinski definition) is 1. The van der Waals surface area contributed by atoms with Crippen LogP contribution in [0.15, 0.2) is 18.2 Å². The van der Waals surface area contributed by atoms with Crippen LogP contribution in [-0.4, -0.2) is 29.5 Å². The molecular weight excluding hydrogens is 226 g/mol. The number of nitro groups is 1. The van der Waals surface area contributed by atoms with Crippen molar-refractivity contribution in [1.29, 1.82) is 0 Å². The molecule has 6 nitrogen and oxygen atoms in total. The number of rotatable bonds is 6.